The molecule has 0 unspecified atom stereocenters. The van der Waals surface area contributed by atoms with Crippen molar-refractivity contribution in [2.24, 2.45) is 5.41 Å². The summed E-state index contributed by atoms with van der Waals surface area (Å²) < 4.78 is 0. The lowest BCUT2D eigenvalue weighted by Crippen LogP contribution is -2.25. The Morgan fingerprint density at radius 1 is 1.19 bits per heavy atom. The molecule has 0 heterocycles. The SMILES string of the molecule is Cc1ccccc1CC1(C#N)CCCCC1. The van der Waals surface area contributed by atoms with Crippen molar-refractivity contribution in [2.45, 2.75) is 45.4 Å². The van der Waals surface area contributed by atoms with E-state index in [9.17, 15) is 5.26 Å². The summed E-state index contributed by atoms with van der Waals surface area (Å²) in [7, 11) is 0. The predicted octanol–water partition coefficient (Wildman–Crippen LogP) is 4.01. The maximum absolute atomic E-state index is 9.44. The van der Waals surface area contributed by atoms with Crippen molar-refractivity contribution in [1.29, 1.82) is 5.26 Å². The van der Waals surface area contributed by atoms with Gasteiger partial charge in [0, 0.05) is 0 Å². The Morgan fingerprint density at radius 2 is 1.88 bits per heavy atom. The van der Waals surface area contributed by atoms with Gasteiger partial charge in [0.25, 0.3) is 0 Å². The summed E-state index contributed by atoms with van der Waals surface area (Å²) in [6.45, 7) is 2.14. The van der Waals surface area contributed by atoms with E-state index in [2.05, 4.69) is 37.3 Å². The maximum Gasteiger partial charge on any atom is 0.0693 e. The first kappa shape index (κ1) is 11.2. The van der Waals surface area contributed by atoms with Crippen LogP contribution in [0.2, 0.25) is 0 Å². The van der Waals surface area contributed by atoms with Gasteiger partial charge in [0.2, 0.25) is 0 Å². The molecule has 1 aliphatic carbocycles. The molecule has 1 nitrogen and oxygen atoms in total. The molecular weight excluding hydrogens is 194 g/mol. The third-order valence-corrected chi connectivity index (χ3v) is 3.84. The van der Waals surface area contributed by atoms with Crippen LogP contribution in [-0.4, -0.2) is 0 Å². The molecule has 0 saturated heterocycles. The monoisotopic (exact) mass is 213 g/mol. The fourth-order valence-corrected chi connectivity index (χ4v) is 2.73. The van der Waals surface area contributed by atoms with Crippen molar-refractivity contribution < 1.29 is 0 Å². The highest BCUT2D eigenvalue weighted by atomic mass is 14.4. The summed E-state index contributed by atoms with van der Waals surface area (Å²) in [6.07, 6.45) is 6.85. The highest BCUT2D eigenvalue weighted by Crippen LogP contribution is 2.39. The molecule has 1 saturated carbocycles. The lowest BCUT2D eigenvalue weighted by atomic mass is 9.71. The standard InChI is InChI=1S/C15H19N/c1-13-7-3-4-8-14(13)11-15(12-16)9-5-2-6-10-15/h3-4,7-8H,2,5-6,9-11H2,1H3. The van der Waals surface area contributed by atoms with Gasteiger partial charge in [0.1, 0.15) is 0 Å². The van der Waals surface area contributed by atoms with Gasteiger partial charge in [0.05, 0.1) is 11.5 Å². The van der Waals surface area contributed by atoms with Crippen molar-refractivity contribution in [2.75, 3.05) is 0 Å². The van der Waals surface area contributed by atoms with Crippen LogP contribution in [0, 0.1) is 23.7 Å². The fourth-order valence-electron chi connectivity index (χ4n) is 2.73. The molecule has 1 heteroatoms. The van der Waals surface area contributed by atoms with Gasteiger partial charge >= 0.3 is 0 Å². The second-order valence-electron chi connectivity index (χ2n) is 5.06. The third kappa shape index (κ3) is 2.27. The molecule has 0 bridgehead atoms. The number of benzene rings is 1. The van der Waals surface area contributed by atoms with Crippen LogP contribution in [-0.2, 0) is 6.42 Å². The highest BCUT2D eigenvalue weighted by molar-refractivity contribution is 5.28. The van der Waals surface area contributed by atoms with E-state index in [0.29, 0.717) is 0 Å². The van der Waals surface area contributed by atoms with Crippen LogP contribution in [0.3, 0.4) is 0 Å². The first-order valence-electron chi connectivity index (χ1n) is 6.22. The van der Waals surface area contributed by atoms with Gasteiger partial charge in [-0.1, -0.05) is 43.5 Å². The normalized spacial score (nSPS) is 19.0. The van der Waals surface area contributed by atoms with Crippen LogP contribution >= 0.6 is 0 Å². The Morgan fingerprint density at radius 3 is 2.50 bits per heavy atom. The summed E-state index contributed by atoms with van der Waals surface area (Å²) in [5.74, 6) is 0. The zero-order chi connectivity index (χ0) is 11.4. The first-order chi connectivity index (χ1) is 7.76. The molecular formula is C15H19N. The Labute approximate surface area is 98.1 Å². The summed E-state index contributed by atoms with van der Waals surface area (Å²) in [6, 6.07) is 11.1. The molecule has 1 fully saturated rings. The Bertz CT molecular complexity index is 394. The lowest BCUT2D eigenvalue weighted by molar-refractivity contribution is 0.265. The molecule has 0 N–H and O–H groups in total. The number of aryl methyl sites for hydroxylation is 1. The Kier molecular flexibility index (Phi) is 3.29. The lowest BCUT2D eigenvalue weighted by Gasteiger charge is -2.31. The molecule has 1 aromatic rings. The van der Waals surface area contributed by atoms with Gasteiger partial charge in [-0.05, 0) is 37.3 Å². The largest absolute Gasteiger partial charge is 0.198 e. The molecule has 1 aromatic carbocycles. The van der Waals surface area contributed by atoms with E-state index in [4.69, 9.17) is 0 Å². The van der Waals surface area contributed by atoms with Crippen LogP contribution in [0.25, 0.3) is 0 Å². The van der Waals surface area contributed by atoms with Crippen molar-refractivity contribution >= 4 is 0 Å². The average molecular weight is 213 g/mol. The average Bonchev–Trinajstić information content (AvgIpc) is 2.33. The minimum absolute atomic E-state index is 0.0790. The number of hydrogen-bond acceptors (Lipinski definition) is 1. The fraction of sp³-hybridized carbons (Fsp3) is 0.533. The molecule has 84 valence electrons. The number of nitrogens with zero attached hydrogens (tertiary/aromatic N) is 1. The molecule has 1 aliphatic rings. The van der Waals surface area contributed by atoms with Crippen LogP contribution in [0.5, 0.6) is 0 Å². The van der Waals surface area contributed by atoms with Crippen molar-refractivity contribution in [3.05, 3.63) is 35.4 Å². The van der Waals surface area contributed by atoms with Gasteiger partial charge in [-0.2, -0.15) is 5.26 Å². The van der Waals surface area contributed by atoms with E-state index < -0.39 is 0 Å². The van der Waals surface area contributed by atoms with Gasteiger partial charge in [-0.15, -0.1) is 0 Å². The van der Waals surface area contributed by atoms with Crippen LogP contribution in [0.1, 0.15) is 43.2 Å². The topological polar surface area (TPSA) is 23.8 Å². The number of nitriles is 1. The van der Waals surface area contributed by atoms with E-state index >= 15 is 0 Å². The number of hydrogen-bond donors (Lipinski definition) is 0. The van der Waals surface area contributed by atoms with Gasteiger partial charge < -0.3 is 0 Å². The Hall–Kier alpha value is -1.29. The van der Waals surface area contributed by atoms with Crippen LogP contribution in [0.4, 0.5) is 0 Å². The molecule has 16 heavy (non-hydrogen) atoms. The zero-order valence-corrected chi connectivity index (χ0v) is 10.00. The highest BCUT2D eigenvalue weighted by Gasteiger charge is 2.32. The minimum atomic E-state index is -0.0790. The zero-order valence-electron chi connectivity index (χ0n) is 10.00. The summed E-state index contributed by atoms with van der Waals surface area (Å²) in [5, 5.41) is 9.44. The van der Waals surface area contributed by atoms with E-state index in [1.54, 1.807) is 0 Å². The maximum atomic E-state index is 9.44. The van der Waals surface area contributed by atoms with Crippen molar-refractivity contribution in [1.82, 2.24) is 0 Å². The third-order valence-electron chi connectivity index (χ3n) is 3.84. The Balaban J connectivity index is 2.19. The van der Waals surface area contributed by atoms with Gasteiger partial charge in [-0.3, -0.25) is 0 Å². The van der Waals surface area contributed by atoms with E-state index in [0.717, 1.165) is 19.3 Å². The second kappa shape index (κ2) is 4.70. The van der Waals surface area contributed by atoms with E-state index in [1.165, 1.54) is 30.4 Å². The van der Waals surface area contributed by atoms with Crippen LogP contribution < -0.4 is 0 Å². The van der Waals surface area contributed by atoms with E-state index in [-0.39, 0.29) is 5.41 Å². The molecule has 0 aromatic heterocycles. The van der Waals surface area contributed by atoms with Crippen LogP contribution in [0.15, 0.2) is 24.3 Å². The summed E-state index contributed by atoms with van der Waals surface area (Å²) in [5.41, 5.74) is 2.60. The molecule has 2 rings (SSSR count). The second-order valence-corrected chi connectivity index (χ2v) is 5.06. The van der Waals surface area contributed by atoms with Gasteiger partial charge in [-0.25, -0.2) is 0 Å². The van der Waals surface area contributed by atoms with Crippen molar-refractivity contribution in [3.63, 3.8) is 0 Å². The minimum Gasteiger partial charge on any atom is -0.198 e. The molecule has 0 atom stereocenters. The molecule has 0 aliphatic heterocycles. The van der Waals surface area contributed by atoms with E-state index in [1.807, 2.05) is 0 Å². The van der Waals surface area contributed by atoms with Gasteiger partial charge in [0.15, 0.2) is 0 Å². The summed E-state index contributed by atoms with van der Waals surface area (Å²) in [4.78, 5) is 0. The first-order valence-corrected chi connectivity index (χ1v) is 6.22. The molecule has 0 spiro atoms. The molecule has 0 amide bonds. The smallest absolute Gasteiger partial charge is 0.0693 e. The number of rotatable bonds is 2. The predicted molar refractivity (Wildman–Crippen MR) is 66.0 cm³/mol. The van der Waals surface area contributed by atoms with Crippen molar-refractivity contribution in [3.8, 4) is 6.07 Å². The summed E-state index contributed by atoms with van der Waals surface area (Å²) >= 11 is 0. The quantitative estimate of drug-likeness (QED) is 0.728. The molecule has 0 radical (unpaired) electrons.